The standard InChI is InChI=1S/C39H43Cl2N5O5/c1-23(2)51-39(48)27-15-17-46(22-27)21-26-9-8-24(18-33(26)49-3)37-36(41)30(14-16-43-37)29-6-5-7-31(35(29)40)32-12-10-25(38(45-32)50-4)19-42-20-28-11-13-34(47)44-28/h5-10,12,14,16,18,23,27-28,42H,11,13,15,17,19-22H2,1-4H3,(H,44,47)/t27-,28+/m0/s1. The lowest BCUT2D eigenvalue weighted by molar-refractivity contribution is -0.151. The van der Waals surface area contributed by atoms with Crippen molar-refractivity contribution in [1.82, 2.24) is 25.5 Å². The molecule has 2 aliphatic rings. The van der Waals surface area contributed by atoms with Crippen molar-refractivity contribution in [2.45, 2.75) is 58.3 Å². The van der Waals surface area contributed by atoms with Crippen LogP contribution < -0.4 is 20.1 Å². The summed E-state index contributed by atoms with van der Waals surface area (Å²) < 4.78 is 16.9. The number of esters is 1. The summed E-state index contributed by atoms with van der Waals surface area (Å²) in [4.78, 5) is 35.7. The van der Waals surface area contributed by atoms with Gasteiger partial charge in [0.25, 0.3) is 0 Å². The van der Waals surface area contributed by atoms with Crippen molar-refractivity contribution in [2.24, 2.45) is 5.92 Å². The van der Waals surface area contributed by atoms with Crippen LogP contribution in [0.4, 0.5) is 0 Å². The van der Waals surface area contributed by atoms with Gasteiger partial charge in [0, 0.05) is 78.2 Å². The van der Waals surface area contributed by atoms with Gasteiger partial charge in [0.1, 0.15) is 5.75 Å². The minimum absolute atomic E-state index is 0.0967. The summed E-state index contributed by atoms with van der Waals surface area (Å²) >= 11 is 14.2. The molecular formula is C39H43Cl2N5O5. The number of ether oxygens (including phenoxy) is 3. The van der Waals surface area contributed by atoms with E-state index in [1.807, 2.05) is 68.4 Å². The van der Waals surface area contributed by atoms with Crippen LogP contribution in [0.2, 0.25) is 10.0 Å². The number of likely N-dealkylation sites (tertiary alicyclic amines) is 1. The predicted octanol–water partition coefficient (Wildman–Crippen LogP) is 6.94. The molecular weight excluding hydrogens is 689 g/mol. The van der Waals surface area contributed by atoms with E-state index in [9.17, 15) is 9.59 Å². The fourth-order valence-corrected chi connectivity index (χ4v) is 7.34. The molecule has 2 atom stereocenters. The van der Waals surface area contributed by atoms with E-state index in [1.165, 1.54) is 0 Å². The van der Waals surface area contributed by atoms with Gasteiger partial charge < -0.3 is 24.8 Å². The number of aromatic nitrogens is 2. The zero-order valence-corrected chi connectivity index (χ0v) is 30.8. The molecule has 12 heteroatoms. The first-order chi connectivity index (χ1) is 24.6. The molecule has 0 bridgehead atoms. The summed E-state index contributed by atoms with van der Waals surface area (Å²) in [5.41, 5.74) is 6.20. The molecule has 2 aromatic carbocycles. The second kappa shape index (κ2) is 16.4. The van der Waals surface area contributed by atoms with E-state index in [1.54, 1.807) is 20.4 Å². The third-order valence-electron chi connectivity index (χ3n) is 9.29. The van der Waals surface area contributed by atoms with Crippen LogP contribution >= 0.6 is 23.2 Å². The quantitative estimate of drug-likeness (QED) is 0.141. The second-order valence-corrected chi connectivity index (χ2v) is 14.0. The van der Waals surface area contributed by atoms with Gasteiger partial charge >= 0.3 is 5.97 Å². The number of rotatable bonds is 13. The molecule has 0 radical (unpaired) electrons. The Morgan fingerprint density at radius 2 is 1.78 bits per heavy atom. The lowest BCUT2D eigenvalue weighted by Crippen LogP contribution is -2.35. The minimum atomic E-state index is -0.133. The molecule has 1 amide bonds. The summed E-state index contributed by atoms with van der Waals surface area (Å²) in [6.07, 6.45) is 3.78. The van der Waals surface area contributed by atoms with Crippen LogP contribution in [0, 0.1) is 5.92 Å². The van der Waals surface area contributed by atoms with Gasteiger partial charge in [0.15, 0.2) is 0 Å². The van der Waals surface area contributed by atoms with Crippen molar-refractivity contribution in [2.75, 3.05) is 33.9 Å². The molecule has 268 valence electrons. The Morgan fingerprint density at radius 3 is 2.53 bits per heavy atom. The van der Waals surface area contributed by atoms with E-state index >= 15 is 0 Å². The summed E-state index contributed by atoms with van der Waals surface area (Å²) in [5.74, 6) is 1.06. The number of hydrogen-bond acceptors (Lipinski definition) is 9. The molecule has 2 aromatic heterocycles. The average molecular weight is 733 g/mol. The number of hydrogen-bond donors (Lipinski definition) is 2. The van der Waals surface area contributed by atoms with Gasteiger partial charge in [-0.2, -0.15) is 0 Å². The SMILES string of the molecule is COc1cc(-c2nccc(-c3cccc(-c4ccc(CNC[C@H]5CCC(=O)N5)c(OC)n4)c3Cl)c2Cl)ccc1CN1CC[C@H](C(=O)OC(C)C)C1. The van der Waals surface area contributed by atoms with E-state index in [-0.39, 0.29) is 29.9 Å². The first-order valence-corrected chi connectivity index (χ1v) is 18.0. The third-order valence-corrected chi connectivity index (χ3v) is 10.1. The molecule has 0 unspecified atom stereocenters. The Morgan fingerprint density at radius 1 is 1.00 bits per heavy atom. The normalized spacial score (nSPS) is 17.5. The maximum atomic E-state index is 12.4. The van der Waals surface area contributed by atoms with Crippen LogP contribution in [0.3, 0.4) is 0 Å². The van der Waals surface area contributed by atoms with Crippen LogP contribution in [0.5, 0.6) is 11.6 Å². The molecule has 0 saturated carbocycles. The van der Waals surface area contributed by atoms with E-state index < -0.39 is 0 Å². The van der Waals surface area contributed by atoms with E-state index in [4.69, 9.17) is 42.4 Å². The fraction of sp³-hybridized carbons (Fsp3) is 0.385. The number of pyridine rings is 2. The van der Waals surface area contributed by atoms with Gasteiger partial charge in [-0.1, -0.05) is 59.6 Å². The van der Waals surface area contributed by atoms with Crippen molar-refractivity contribution in [3.8, 4) is 45.3 Å². The third kappa shape index (κ3) is 8.47. The number of nitrogens with one attached hydrogen (secondary N) is 2. The van der Waals surface area contributed by atoms with Crippen molar-refractivity contribution in [1.29, 1.82) is 0 Å². The highest BCUT2D eigenvalue weighted by Crippen LogP contribution is 2.42. The van der Waals surface area contributed by atoms with Crippen molar-refractivity contribution < 1.29 is 23.8 Å². The molecule has 4 aromatic rings. The number of nitrogens with zero attached hydrogens (tertiary/aromatic N) is 3. The van der Waals surface area contributed by atoms with Gasteiger partial charge in [-0.25, -0.2) is 4.98 Å². The van der Waals surface area contributed by atoms with Gasteiger partial charge in [0.05, 0.1) is 47.7 Å². The Hall–Kier alpha value is -4.22. The first-order valence-electron chi connectivity index (χ1n) is 17.2. The van der Waals surface area contributed by atoms with E-state index in [0.29, 0.717) is 65.7 Å². The van der Waals surface area contributed by atoms with Crippen molar-refractivity contribution in [3.05, 3.63) is 82.0 Å². The molecule has 2 fully saturated rings. The topological polar surface area (TPSA) is 115 Å². The Labute approximate surface area is 308 Å². The summed E-state index contributed by atoms with van der Waals surface area (Å²) in [6.45, 7) is 7.07. The highest BCUT2D eigenvalue weighted by atomic mass is 35.5. The minimum Gasteiger partial charge on any atom is -0.496 e. The monoisotopic (exact) mass is 731 g/mol. The number of amides is 1. The smallest absolute Gasteiger partial charge is 0.310 e. The van der Waals surface area contributed by atoms with Crippen LogP contribution in [0.1, 0.15) is 44.2 Å². The highest BCUT2D eigenvalue weighted by Gasteiger charge is 2.30. The Balaban J connectivity index is 1.20. The lowest BCUT2D eigenvalue weighted by Gasteiger charge is -2.19. The van der Waals surface area contributed by atoms with E-state index in [2.05, 4.69) is 20.5 Å². The summed E-state index contributed by atoms with van der Waals surface area (Å²) in [7, 11) is 3.24. The number of methoxy groups -OCH3 is 2. The predicted molar refractivity (Wildman–Crippen MR) is 199 cm³/mol. The zero-order chi connectivity index (χ0) is 36.1. The number of carbonyl (C=O) groups excluding carboxylic acids is 2. The Kier molecular flexibility index (Phi) is 11.8. The van der Waals surface area contributed by atoms with Crippen molar-refractivity contribution in [3.63, 3.8) is 0 Å². The maximum Gasteiger partial charge on any atom is 0.310 e. The van der Waals surface area contributed by atoms with Gasteiger partial charge in [-0.05, 0) is 51.4 Å². The van der Waals surface area contributed by atoms with Gasteiger partial charge in [-0.3, -0.25) is 19.5 Å². The molecule has 10 nitrogen and oxygen atoms in total. The van der Waals surface area contributed by atoms with Gasteiger partial charge in [-0.15, -0.1) is 0 Å². The molecule has 6 rings (SSSR count). The first kappa shape index (κ1) is 36.6. The molecule has 51 heavy (non-hydrogen) atoms. The van der Waals surface area contributed by atoms with Crippen LogP contribution in [-0.2, 0) is 27.4 Å². The molecule has 2 aliphatic heterocycles. The molecule has 0 aliphatic carbocycles. The second-order valence-electron chi connectivity index (χ2n) is 13.2. The Bertz CT molecular complexity index is 1900. The zero-order valence-electron chi connectivity index (χ0n) is 29.3. The van der Waals surface area contributed by atoms with Crippen molar-refractivity contribution >= 4 is 35.1 Å². The maximum absolute atomic E-state index is 12.4. The number of halogens is 2. The molecule has 2 N–H and O–H groups in total. The fourth-order valence-electron chi connectivity index (χ4n) is 6.69. The highest BCUT2D eigenvalue weighted by molar-refractivity contribution is 6.39. The van der Waals surface area contributed by atoms with Crippen LogP contribution in [-0.4, -0.2) is 72.7 Å². The summed E-state index contributed by atoms with van der Waals surface area (Å²) in [6, 6.07) is 17.6. The molecule has 4 heterocycles. The van der Waals surface area contributed by atoms with Gasteiger partial charge in [0.2, 0.25) is 11.8 Å². The van der Waals surface area contributed by atoms with Crippen LogP contribution in [0.15, 0.2) is 60.8 Å². The van der Waals surface area contributed by atoms with Crippen LogP contribution in [0.25, 0.3) is 33.6 Å². The lowest BCUT2D eigenvalue weighted by atomic mass is 9.99. The largest absolute Gasteiger partial charge is 0.496 e. The average Bonchev–Trinajstić information content (AvgIpc) is 3.77. The molecule has 2 saturated heterocycles. The molecule has 0 spiro atoms. The number of carbonyl (C=O) groups is 2. The number of benzene rings is 2. The summed E-state index contributed by atoms with van der Waals surface area (Å²) in [5, 5.41) is 7.33. The van der Waals surface area contributed by atoms with E-state index in [0.717, 1.165) is 52.8 Å².